The number of fused-ring (bicyclic) bond motifs is 1. The molecule has 0 spiro atoms. The molecule has 63 heavy (non-hydrogen) atoms. The summed E-state index contributed by atoms with van der Waals surface area (Å²) in [5.74, 6) is -3.36. The predicted molar refractivity (Wildman–Crippen MR) is 223 cm³/mol. The fourth-order valence-electron chi connectivity index (χ4n) is 6.35. The number of primary amides is 1. The number of imide groups is 2. The highest BCUT2D eigenvalue weighted by Crippen LogP contribution is 2.34. The number of carbonyl (C=O) groups excluding carboxylic acids is 6. The molecule has 7 N–H and O–H groups in total. The summed E-state index contributed by atoms with van der Waals surface area (Å²) >= 11 is 0. The number of nitrogens with zero attached hydrogens (tertiary/aromatic N) is 3. The minimum atomic E-state index is -3.45. The monoisotopic (exact) mass is 891 g/mol. The molecule has 0 bridgehead atoms. The van der Waals surface area contributed by atoms with Crippen molar-refractivity contribution in [2.24, 2.45) is 5.73 Å². The molecule has 22 nitrogen and oxygen atoms in total. The largest absolute Gasteiger partial charge is 0.483 e. The number of sulfonamides is 1. The zero-order chi connectivity index (χ0) is 44.9. The second-order valence-electron chi connectivity index (χ2n) is 13.7. The lowest BCUT2D eigenvalue weighted by Crippen LogP contribution is -2.54. The van der Waals surface area contributed by atoms with Gasteiger partial charge in [0.25, 0.3) is 23.6 Å². The number of aromatic nitrogens is 3. The zero-order valence-corrected chi connectivity index (χ0v) is 34.8. The zero-order valence-electron chi connectivity index (χ0n) is 34.0. The molecular weight excluding hydrogens is 847 g/mol. The molecule has 6 rings (SSSR count). The number of benzene rings is 2. The number of hydrogen-bond acceptors (Lipinski definition) is 16. The van der Waals surface area contributed by atoms with Gasteiger partial charge in [0.2, 0.25) is 27.7 Å². The highest BCUT2D eigenvalue weighted by atomic mass is 32.2. The average molecular weight is 892 g/mol. The Kier molecular flexibility index (Phi) is 15.4. The molecule has 0 radical (unpaired) electrons. The van der Waals surface area contributed by atoms with Crippen molar-refractivity contribution in [1.82, 2.24) is 30.7 Å². The lowest BCUT2D eigenvalue weighted by Gasteiger charge is -2.27. The van der Waals surface area contributed by atoms with Gasteiger partial charge in [0.1, 0.15) is 35.5 Å². The van der Waals surface area contributed by atoms with Crippen molar-refractivity contribution in [1.29, 1.82) is 0 Å². The Labute approximate surface area is 360 Å². The van der Waals surface area contributed by atoms with E-state index < -0.39 is 58.1 Å². The first kappa shape index (κ1) is 45.6. The van der Waals surface area contributed by atoms with Crippen molar-refractivity contribution in [3.05, 3.63) is 77.5 Å². The fraction of sp³-hybridized carbons (Fsp3) is 0.350. The number of hydrogen-bond donors (Lipinski definition) is 6. The average Bonchev–Trinajstić information content (AvgIpc) is 3.79. The Morgan fingerprint density at radius 3 is 2.30 bits per heavy atom. The summed E-state index contributed by atoms with van der Waals surface area (Å²) in [6.45, 7) is 3.04. The van der Waals surface area contributed by atoms with Gasteiger partial charge in [-0.1, -0.05) is 18.2 Å². The minimum absolute atomic E-state index is 0.00641. The molecule has 6 amide bonds. The highest BCUT2D eigenvalue weighted by Gasteiger charge is 2.46. The van der Waals surface area contributed by atoms with Crippen molar-refractivity contribution in [3.8, 4) is 22.9 Å². The molecule has 4 aromatic rings. The molecule has 2 aliphatic heterocycles. The maximum Gasteiger partial charge on any atom is 0.266 e. The van der Waals surface area contributed by atoms with Crippen molar-refractivity contribution >= 4 is 62.7 Å². The second kappa shape index (κ2) is 21.2. The van der Waals surface area contributed by atoms with E-state index >= 15 is 0 Å². The summed E-state index contributed by atoms with van der Waals surface area (Å²) in [6.07, 6.45) is 1.53. The summed E-state index contributed by atoms with van der Waals surface area (Å²) in [7, 11) is -3.45. The van der Waals surface area contributed by atoms with Crippen molar-refractivity contribution in [2.45, 2.75) is 25.8 Å². The Balaban J connectivity index is 0.815. The van der Waals surface area contributed by atoms with Crippen LogP contribution < -0.4 is 35.9 Å². The summed E-state index contributed by atoms with van der Waals surface area (Å²) in [5, 5.41) is 14.9. The number of H-pyrrole nitrogens is 1. The van der Waals surface area contributed by atoms with Crippen LogP contribution in [0.15, 0.2) is 60.8 Å². The highest BCUT2D eigenvalue weighted by molar-refractivity contribution is 7.92. The fourth-order valence-corrected chi connectivity index (χ4v) is 6.99. The number of anilines is 3. The SMILES string of the molecule is CCS(=O)(=O)Nc1ccc(-c2n[nH]c(Nc3ccnc(OCCOCCOCCOCCNC(=O)COc4cccc5c4C(=O)N(C4CCC(=O)NC4=O)C5=O)c3)c2C(N)=O)cc1. The van der Waals surface area contributed by atoms with Crippen LogP contribution >= 0.6 is 0 Å². The van der Waals surface area contributed by atoms with Crippen LogP contribution in [0.3, 0.4) is 0 Å². The van der Waals surface area contributed by atoms with E-state index in [1.807, 2.05) is 0 Å². The molecule has 1 fully saturated rings. The maximum atomic E-state index is 13.2. The van der Waals surface area contributed by atoms with Crippen LogP contribution in [0, 0.1) is 0 Å². The first-order valence-corrected chi connectivity index (χ1v) is 21.3. The molecule has 4 heterocycles. The number of piperidine rings is 1. The van der Waals surface area contributed by atoms with E-state index in [4.69, 9.17) is 29.4 Å². The molecule has 0 saturated carbocycles. The van der Waals surface area contributed by atoms with Gasteiger partial charge in [0, 0.05) is 42.2 Å². The van der Waals surface area contributed by atoms with Gasteiger partial charge in [-0.15, -0.1) is 0 Å². The van der Waals surface area contributed by atoms with E-state index in [-0.39, 0.29) is 92.1 Å². The van der Waals surface area contributed by atoms with Crippen LogP contribution in [0.2, 0.25) is 0 Å². The summed E-state index contributed by atoms with van der Waals surface area (Å²) in [4.78, 5) is 79.9. The quantitative estimate of drug-likeness (QED) is 0.0424. The van der Waals surface area contributed by atoms with Crippen molar-refractivity contribution in [3.63, 3.8) is 0 Å². The Morgan fingerprint density at radius 2 is 1.60 bits per heavy atom. The van der Waals surface area contributed by atoms with Gasteiger partial charge in [-0.3, -0.25) is 48.8 Å². The predicted octanol–water partition coefficient (Wildman–Crippen LogP) is 1.10. The van der Waals surface area contributed by atoms with E-state index in [9.17, 15) is 37.2 Å². The molecule has 1 saturated heterocycles. The van der Waals surface area contributed by atoms with Gasteiger partial charge in [0.15, 0.2) is 6.61 Å². The van der Waals surface area contributed by atoms with E-state index in [2.05, 4.69) is 35.9 Å². The molecular formula is C40H45N9O13S. The molecule has 1 atom stereocenters. The van der Waals surface area contributed by atoms with Crippen LogP contribution in [0.25, 0.3) is 11.3 Å². The minimum Gasteiger partial charge on any atom is -0.483 e. The van der Waals surface area contributed by atoms with Gasteiger partial charge in [-0.05, 0) is 43.7 Å². The van der Waals surface area contributed by atoms with Crippen LogP contribution in [-0.2, 0) is 38.6 Å². The van der Waals surface area contributed by atoms with Gasteiger partial charge >= 0.3 is 0 Å². The molecule has 334 valence electrons. The first-order valence-electron chi connectivity index (χ1n) is 19.7. The molecule has 0 aliphatic carbocycles. The number of rotatable bonds is 24. The second-order valence-corrected chi connectivity index (χ2v) is 15.7. The number of aromatic amines is 1. The van der Waals surface area contributed by atoms with Gasteiger partial charge in [-0.25, -0.2) is 13.4 Å². The lowest BCUT2D eigenvalue weighted by atomic mass is 10.0. The summed E-state index contributed by atoms with van der Waals surface area (Å²) < 4.78 is 54.0. The van der Waals surface area contributed by atoms with Crippen LogP contribution in [0.1, 0.15) is 50.8 Å². The van der Waals surface area contributed by atoms with Gasteiger partial charge in [-0.2, -0.15) is 5.10 Å². The number of nitrogens with two attached hydrogens (primary N) is 1. The number of pyridine rings is 1. The Morgan fingerprint density at radius 1 is 0.889 bits per heavy atom. The molecule has 2 aromatic carbocycles. The number of carbonyl (C=O) groups is 6. The van der Waals surface area contributed by atoms with E-state index in [1.165, 1.54) is 31.3 Å². The van der Waals surface area contributed by atoms with Gasteiger partial charge < -0.3 is 40.1 Å². The molecule has 2 aliphatic rings. The summed E-state index contributed by atoms with van der Waals surface area (Å²) in [5.41, 5.74) is 7.50. The van der Waals surface area contributed by atoms with Crippen LogP contribution in [-0.4, -0.2) is 135 Å². The first-order chi connectivity index (χ1) is 30.3. The van der Waals surface area contributed by atoms with Crippen LogP contribution in [0.4, 0.5) is 17.2 Å². The maximum absolute atomic E-state index is 13.2. The van der Waals surface area contributed by atoms with Crippen molar-refractivity contribution < 1.29 is 60.9 Å². The van der Waals surface area contributed by atoms with Crippen molar-refractivity contribution in [2.75, 3.05) is 75.2 Å². The normalized spacial score (nSPS) is 14.9. The van der Waals surface area contributed by atoms with Crippen LogP contribution in [0.5, 0.6) is 11.6 Å². The summed E-state index contributed by atoms with van der Waals surface area (Å²) in [6, 6.07) is 12.9. The lowest BCUT2D eigenvalue weighted by molar-refractivity contribution is -0.136. The number of nitrogens with one attached hydrogen (secondary N) is 5. The van der Waals surface area contributed by atoms with E-state index in [0.717, 1.165) is 4.90 Å². The number of ether oxygens (including phenoxy) is 5. The third-order valence-corrected chi connectivity index (χ3v) is 10.7. The molecule has 1 unspecified atom stereocenters. The number of amides is 6. The molecule has 23 heteroatoms. The molecule has 2 aromatic heterocycles. The smallest absolute Gasteiger partial charge is 0.266 e. The standard InChI is InChI=1S/C40H45N9O13S/c1-2-63(56,57)48-25-8-6-24(7-9-25)35-34(36(41)52)37(47-46-35)44-26-12-13-43-32(22-26)61-21-20-60-19-18-59-17-16-58-15-14-42-31(51)23-62-29-5-3-4-27-33(29)40(55)49(39(27)54)28-10-11-30(50)45-38(28)53/h3-9,12-13,22,28,48H,2,10-11,14-21,23H2,1H3,(H2,41,52)(H,42,51)(H,45,50,53)(H2,43,44,46,47). The third kappa shape index (κ3) is 11.9. The topological polar surface area (TPSA) is 302 Å². The third-order valence-electron chi connectivity index (χ3n) is 9.41. The van der Waals surface area contributed by atoms with E-state index in [0.29, 0.717) is 36.0 Å². The Hall–Kier alpha value is -6.95. The Bertz CT molecular complexity index is 2440. The van der Waals surface area contributed by atoms with Gasteiger partial charge in [0.05, 0.1) is 56.5 Å². The van der Waals surface area contributed by atoms with E-state index in [1.54, 1.807) is 36.4 Å².